The zero-order chi connectivity index (χ0) is 19.4. The number of thiocarbonyl (C=S) groups is 1. The molecule has 0 spiro atoms. The van der Waals surface area contributed by atoms with Crippen molar-refractivity contribution in [2.45, 2.75) is 19.9 Å². The fraction of sp³-hybridized carbons (Fsp3) is 0.136. The van der Waals surface area contributed by atoms with Crippen LogP contribution in [-0.2, 0) is 0 Å². The maximum Gasteiger partial charge on any atom is 0.171 e. The Morgan fingerprint density at radius 1 is 0.889 bits per heavy atom. The lowest BCUT2D eigenvalue weighted by Gasteiger charge is -2.24. The molecule has 2 nitrogen and oxygen atoms in total. The Labute approximate surface area is 163 Å². The van der Waals surface area contributed by atoms with Crippen LogP contribution in [0.3, 0.4) is 0 Å². The second kappa shape index (κ2) is 8.27. The Bertz CT molecular complexity index is 938. The summed E-state index contributed by atoms with van der Waals surface area (Å²) in [6.45, 7) is 4.07. The van der Waals surface area contributed by atoms with Gasteiger partial charge in [0.1, 0.15) is 17.3 Å². The third-order valence-electron chi connectivity index (χ3n) is 4.35. The molecule has 3 rings (SSSR count). The second-order valence-electron chi connectivity index (χ2n) is 6.40. The van der Waals surface area contributed by atoms with Gasteiger partial charge < -0.3 is 10.6 Å². The minimum atomic E-state index is -0.693. The smallest absolute Gasteiger partial charge is 0.171 e. The van der Waals surface area contributed by atoms with E-state index in [0.29, 0.717) is 0 Å². The molecule has 138 valence electrons. The summed E-state index contributed by atoms with van der Waals surface area (Å²) in [6, 6.07) is 19.4. The average Bonchev–Trinajstić information content (AvgIpc) is 2.64. The molecule has 0 aliphatic rings. The summed E-state index contributed by atoms with van der Waals surface area (Å²) in [5.74, 6) is -1.39. The minimum absolute atomic E-state index is 0.146. The van der Waals surface area contributed by atoms with Gasteiger partial charge in [-0.15, -0.1) is 0 Å². The van der Waals surface area contributed by atoms with Gasteiger partial charge in [0, 0.05) is 0 Å². The van der Waals surface area contributed by atoms with Crippen LogP contribution in [0.25, 0.3) is 0 Å². The van der Waals surface area contributed by atoms with Crippen molar-refractivity contribution in [1.29, 1.82) is 0 Å². The lowest BCUT2D eigenvalue weighted by Crippen LogP contribution is -2.34. The molecule has 0 aliphatic heterocycles. The molecule has 0 amide bonds. The Morgan fingerprint density at radius 3 is 2.19 bits per heavy atom. The SMILES string of the molecule is Cc1ccc([C@@H](NC(=S)Nc2c(F)cccc2F)c2ccccc2)c(C)c1. The summed E-state index contributed by atoms with van der Waals surface area (Å²) in [7, 11) is 0. The Hall–Kier alpha value is -2.79. The molecule has 0 bridgehead atoms. The topological polar surface area (TPSA) is 24.1 Å². The number of halogens is 2. The van der Waals surface area contributed by atoms with Crippen molar-refractivity contribution in [3.63, 3.8) is 0 Å². The van der Waals surface area contributed by atoms with Crippen LogP contribution in [0.5, 0.6) is 0 Å². The van der Waals surface area contributed by atoms with Gasteiger partial charge >= 0.3 is 0 Å². The van der Waals surface area contributed by atoms with Crippen LogP contribution in [-0.4, -0.2) is 5.11 Å². The monoisotopic (exact) mass is 382 g/mol. The third-order valence-corrected chi connectivity index (χ3v) is 4.57. The summed E-state index contributed by atoms with van der Waals surface area (Å²) in [5.41, 5.74) is 4.06. The number of para-hydroxylation sites is 1. The first-order valence-electron chi connectivity index (χ1n) is 8.59. The molecule has 0 saturated carbocycles. The van der Waals surface area contributed by atoms with Crippen LogP contribution in [0.2, 0.25) is 0 Å². The fourth-order valence-corrected chi connectivity index (χ4v) is 3.25. The first kappa shape index (κ1) is 19.0. The number of hydrogen-bond donors (Lipinski definition) is 2. The summed E-state index contributed by atoms with van der Waals surface area (Å²) >= 11 is 5.35. The highest BCUT2D eigenvalue weighted by molar-refractivity contribution is 7.80. The van der Waals surface area contributed by atoms with Gasteiger partial charge in [0.05, 0.1) is 6.04 Å². The molecule has 3 aromatic carbocycles. The van der Waals surface area contributed by atoms with Gasteiger partial charge in [-0.2, -0.15) is 0 Å². The first-order valence-corrected chi connectivity index (χ1v) is 9.00. The van der Waals surface area contributed by atoms with Gasteiger partial charge in [-0.25, -0.2) is 8.78 Å². The van der Waals surface area contributed by atoms with Gasteiger partial charge in [0.15, 0.2) is 5.11 Å². The standard InChI is InChI=1S/C22H20F2N2S/c1-14-11-12-17(15(2)13-14)20(16-7-4-3-5-8-16)25-22(27)26-21-18(23)9-6-10-19(21)24/h3-13,20H,1-2H3,(H2,25,26,27)/t20-/m0/s1. The molecule has 1 atom stereocenters. The highest BCUT2D eigenvalue weighted by Gasteiger charge is 2.18. The van der Waals surface area contributed by atoms with Crippen LogP contribution in [0.1, 0.15) is 28.3 Å². The van der Waals surface area contributed by atoms with E-state index < -0.39 is 11.6 Å². The van der Waals surface area contributed by atoms with E-state index in [-0.39, 0.29) is 16.8 Å². The number of aryl methyl sites for hydroxylation is 2. The van der Waals surface area contributed by atoms with Crippen molar-refractivity contribution < 1.29 is 8.78 Å². The molecule has 2 N–H and O–H groups in total. The van der Waals surface area contributed by atoms with Crippen LogP contribution in [0.15, 0.2) is 66.7 Å². The normalized spacial score (nSPS) is 11.7. The quantitative estimate of drug-likeness (QED) is 0.570. The van der Waals surface area contributed by atoms with Crippen molar-refractivity contribution in [3.05, 3.63) is 101 Å². The van der Waals surface area contributed by atoms with E-state index in [1.54, 1.807) is 0 Å². The molecule has 0 fully saturated rings. The van der Waals surface area contributed by atoms with Gasteiger partial charge in [0.2, 0.25) is 0 Å². The zero-order valence-corrected chi connectivity index (χ0v) is 15.9. The maximum atomic E-state index is 13.9. The van der Waals surface area contributed by atoms with Crippen LogP contribution < -0.4 is 10.6 Å². The largest absolute Gasteiger partial charge is 0.352 e. The van der Waals surface area contributed by atoms with Crippen molar-refractivity contribution in [1.82, 2.24) is 5.32 Å². The third kappa shape index (κ3) is 4.49. The average molecular weight is 382 g/mol. The molecule has 0 unspecified atom stereocenters. The van der Waals surface area contributed by atoms with Crippen LogP contribution in [0.4, 0.5) is 14.5 Å². The number of benzene rings is 3. The van der Waals surface area contributed by atoms with Crippen molar-refractivity contribution in [3.8, 4) is 0 Å². The highest BCUT2D eigenvalue weighted by atomic mass is 32.1. The van der Waals surface area contributed by atoms with Crippen molar-refractivity contribution in [2.75, 3.05) is 5.32 Å². The van der Waals surface area contributed by atoms with Crippen LogP contribution >= 0.6 is 12.2 Å². The van der Waals surface area contributed by atoms with E-state index in [1.807, 2.05) is 56.3 Å². The predicted molar refractivity (Wildman–Crippen MR) is 110 cm³/mol. The maximum absolute atomic E-state index is 13.9. The van der Waals surface area contributed by atoms with Gasteiger partial charge in [-0.05, 0) is 54.9 Å². The molecule has 27 heavy (non-hydrogen) atoms. The molecular weight excluding hydrogens is 362 g/mol. The van der Waals surface area contributed by atoms with Gasteiger partial charge in [0.25, 0.3) is 0 Å². The van der Waals surface area contributed by atoms with E-state index in [4.69, 9.17) is 12.2 Å². The molecule has 0 radical (unpaired) electrons. The molecule has 0 aromatic heterocycles. The fourth-order valence-electron chi connectivity index (χ4n) is 3.03. The summed E-state index contributed by atoms with van der Waals surface area (Å²) in [5, 5.41) is 6.00. The molecular formula is C22H20F2N2S. The summed E-state index contributed by atoms with van der Waals surface area (Å²) in [4.78, 5) is 0. The summed E-state index contributed by atoms with van der Waals surface area (Å²) < 4.78 is 27.8. The Balaban J connectivity index is 1.91. The number of nitrogens with one attached hydrogen (secondary N) is 2. The second-order valence-corrected chi connectivity index (χ2v) is 6.81. The van der Waals surface area contributed by atoms with Gasteiger partial charge in [-0.3, -0.25) is 0 Å². The van der Waals surface area contributed by atoms with Crippen LogP contribution in [0, 0.1) is 25.5 Å². The zero-order valence-electron chi connectivity index (χ0n) is 15.1. The van der Waals surface area contributed by atoms with Gasteiger partial charge in [-0.1, -0.05) is 60.2 Å². The van der Waals surface area contributed by atoms with Crippen molar-refractivity contribution in [2.24, 2.45) is 0 Å². The van der Waals surface area contributed by atoms with E-state index in [0.717, 1.165) is 22.3 Å². The minimum Gasteiger partial charge on any atom is -0.352 e. The van der Waals surface area contributed by atoms with E-state index >= 15 is 0 Å². The van der Waals surface area contributed by atoms with E-state index in [2.05, 4.69) is 16.7 Å². The molecule has 0 saturated heterocycles. The highest BCUT2D eigenvalue weighted by Crippen LogP contribution is 2.26. The lowest BCUT2D eigenvalue weighted by atomic mass is 9.94. The molecule has 5 heteroatoms. The molecule has 0 aliphatic carbocycles. The summed E-state index contributed by atoms with van der Waals surface area (Å²) in [6.07, 6.45) is 0. The van der Waals surface area contributed by atoms with E-state index in [9.17, 15) is 8.78 Å². The predicted octanol–water partition coefficient (Wildman–Crippen LogP) is 5.66. The first-order chi connectivity index (χ1) is 13.0. The molecule has 0 heterocycles. The Morgan fingerprint density at radius 2 is 1.56 bits per heavy atom. The number of anilines is 1. The van der Waals surface area contributed by atoms with Crippen molar-refractivity contribution >= 4 is 23.0 Å². The lowest BCUT2D eigenvalue weighted by molar-refractivity contribution is 0.591. The van der Waals surface area contributed by atoms with E-state index in [1.165, 1.54) is 18.2 Å². The number of rotatable bonds is 4. The number of hydrogen-bond acceptors (Lipinski definition) is 1. The Kier molecular flexibility index (Phi) is 5.81. The molecule has 3 aromatic rings.